The van der Waals surface area contributed by atoms with Crippen molar-refractivity contribution in [3.05, 3.63) is 87.6 Å². The Kier molecular flexibility index (Phi) is 5.96. The third-order valence-electron chi connectivity index (χ3n) is 5.47. The van der Waals surface area contributed by atoms with Crippen molar-refractivity contribution in [3.8, 4) is 6.07 Å². The highest BCUT2D eigenvalue weighted by Gasteiger charge is 2.21. The van der Waals surface area contributed by atoms with E-state index in [1.807, 2.05) is 0 Å². The monoisotopic (exact) mass is 478 g/mol. The maximum Gasteiger partial charge on any atom is 0.267 e. The third kappa shape index (κ3) is 4.41. The molecule has 176 valence electrons. The van der Waals surface area contributed by atoms with Crippen molar-refractivity contribution in [2.24, 2.45) is 5.73 Å². The van der Waals surface area contributed by atoms with E-state index in [9.17, 15) is 22.8 Å². The van der Waals surface area contributed by atoms with Crippen molar-refractivity contribution >= 4 is 28.4 Å². The molecule has 2 heterocycles. The van der Waals surface area contributed by atoms with Crippen LogP contribution in [0.5, 0.6) is 0 Å². The van der Waals surface area contributed by atoms with E-state index >= 15 is 0 Å². The van der Waals surface area contributed by atoms with E-state index in [1.165, 1.54) is 16.8 Å². The highest BCUT2D eigenvalue weighted by molar-refractivity contribution is 6.14. The number of nitrogens with two attached hydrogens (primary N) is 1. The number of rotatable bonds is 5. The zero-order valence-corrected chi connectivity index (χ0v) is 18.5. The Bertz CT molecular complexity index is 1550. The number of aromatic nitrogens is 3. The van der Waals surface area contributed by atoms with Gasteiger partial charge in [-0.2, -0.15) is 10.4 Å². The van der Waals surface area contributed by atoms with Gasteiger partial charge in [0.2, 0.25) is 0 Å². The minimum Gasteiger partial charge on any atom is -0.364 e. The molecule has 4 rings (SSSR count). The zero-order valence-electron chi connectivity index (χ0n) is 18.5. The largest absolute Gasteiger partial charge is 0.364 e. The molecule has 0 radical (unpaired) electrons. The van der Waals surface area contributed by atoms with Crippen molar-refractivity contribution in [1.82, 2.24) is 14.8 Å². The molecule has 0 spiro atoms. The number of nitriles is 1. The summed E-state index contributed by atoms with van der Waals surface area (Å²) in [5, 5.41) is 16.1. The molecule has 0 aliphatic rings. The lowest BCUT2D eigenvalue weighted by molar-refractivity contribution is 0.0996. The number of hydrogen-bond acceptors (Lipinski definition) is 5. The third-order valence-corrected chi connectivity index (χ3v) is 5.47. The van der Waals surface area contributed by atoms with E-state index in [4.69, 9.17) is 11.0 Å². The molecule has 2 aromatic carbocycles. The molecule has 3 N–H and O–H groups in total. The van der Waals surface area contributed by atoms with Crippen molar-refractivity contribution in [2.75, 3.05) is 5.32 Å². The molecule has 4 aromatic rings. The Morgan fingerprint density at radius 3 is 2.43 bits per heavy atom. The molecule has 0 saturated heterocycles. The van der Waals surface area contributed by atoms with Gasteiger partial charge in [0, 0.05) is 17.0 Å². The summed E-state index contributed by atoms with van der Waals surface area (Å²) in [5.41, 5.74) is 5.81. The number of halogens is 3. The number of nitrogens with one attached hydrogen (secondary N) is 1. The second kappa shape index (κ2) is 8.90. The zero-order chi connectivity index (χ0) is 25.4. The fourth-order valence-corrected chi connectivity index (χ4v) is 3.70. The number of amides is 2. The van der Waals surface area contributed by atoms with Gasteiger partial charge in [0.25, 0.3) is 11.8 Å². The maximum atomic E-state index is 14.4. The summed E-state index contributed by atoms with van der Waals surface area (Å²) in [4.78, 5) is 28.8. The number of aryl methyl sites for hydroxylation is 1. The predicted molar refractivity (Wildman–Crippen MR) is 120 cm³/mol. The quantitative estimate of drug-likeness (QED) is 0.452. The van der Waals surface area contributed by atoms with Gasteiger partial charge in [0.15, 0.2) is 0 Å². The topological polar surface area (TPSA) is 127 Å². The van der Waals surface area contributed by atoms with Crippen LogP contribution in [0.4, 0.5) is 18.9 Å². The smallest absolute Gasteiger partial charge is 0.267 e. The predicted octanol–water partition coefficient (Wildman–Crippen LogP) is 3.74. The van der Waals surface area contributed by atoms with Gasteiger partial charge >= 0.3 is 0 Å². The number of anilines is 1. The Morgan fingerprint density at radius 1 is 1.11 bits per heavy atom. The van der Waals surface area contributed by atoms with Gasteiger partial charge < -0.3 is 11.1 Å². The second-order valence-electron chi connectivity index (χ2n) is 7.77. The number of pyridine rings is 1. The standard InChI is InChI=1S/C24H17F3N6O2/c1-11-22(12(2)33(32-11)10-17-18(26)5-13(9-28)6-19(17)27)31-24(35)16-8-21(23(29)34)30-20-7-14(25)3-4-15(16)20/h3-8H,10H2,1-2H3,(H2,29,34)(H,31,35). The molecule has 0 aliphatic carbocycles. The highest BCUT2D eigenvalue weighted by atomic mass is 19.1. The van der Waals surface area contributed by atoms with E-state index in [0.717, 1.165) is 24.3 Å². The van der Waals surface area contributed by atoms with Crippen LogP contribution < -0.4 is 11.1 Å². The lowest BCUT2D eigenvalue weighted by Crippen LogP contribution is -2.18. The number of fused-ring (bicyclic) bond motifs is 1. The minimum absolute atomic E-state index is 0.0273. The fraction of sp³-hybridized carbons (Fsp3) is 0.125. The van der Waals surface area contributed by atoms with Crippen LogP contribution in [-0.4, -0.2) is 26.6 Å². The lowest BCUT2D eigenvalue weighted by Gasteiger charge is -2.11. The van der Waals surface area contributed by atoms with Gasteiger partial charge in [-0.05, 0) is 44.2 Å². The molecular weight excluding hydrogens is 461 g/mol. The van der Waals surface area contributed by atoms with Gasteiger partial charge in [-0.3, -0.25) is 14.3 Å². The van der Waals surface area contributed by atoms with Gasteiger partial charge in [-0.1, -0.05) is 0 Å². The molecule has 35 heavy (non-hydrogen) atoms. The van der Waals surface area contributed by atoms with Gasteiger partial charge in [-0.15, -0.1) is 0 Å². The molecule has 0 fully saturated rings. The summed E-state index contributed by atoms with van der Waals surface area (Å²) in [6, 6.07) is 8.34. The average Bonchev–Trinajstić information content (AvgIpc) is 3.07. The van der Waals surface area contributed by atoms with Crippen LogP contribution in [0.2, 0.25) is 0 Å². The van der Waals surface area contributed by atoms with E-state index < -0.39 is 29.3 Å². The van der Waals surface area contributed by atoms with E-state index in [2.05, 4.69) is 15.4 Å². The first kappa shape index (κ1) is 23.4. The number of benzene rings is 2. The lowest BCUT2D eigenvalue weighted by atomic mass is 10.1. The molecule has 2 amide bonds. The average molecular weight is 478 g/mol. The first-order valence-electron chi connectivity index (χ1n) is 10.2. The van der Waals surface area contributed by atoms with Crippen LogP contribution >= 0.6 is 0 Å². The van der Waals surface area contributed by atoms with Gasteiger partial charge in [-0.25, -0.2) is 18.2 Å². The molecule has 2 aromatic heterocycles. The maximum absolute atomic E-state index is 14.4. The van der Waals surface area contributed by atoms with E-state index in [-0.39, 0.29) is 40.1 Å². The van der Waals surface area contributed by atoms with Gasteiger partial charge in [0.05, 0.1) is 46.3 Å². The van der Waals surface area contributed by atoms with E-state index in [1.54, 1.807) is 19.9 Å². The number of carbonyl (C=O) groups excluding carboxylic acids is 2. The molecule has 11 heteroatoms. The van der Waals surface area contributed by atoms with Crippen LogP contribution in [0.1, 0.15) is 43.4 Å². The summed E-state index contributed by atoms with van der Waals surface area (Å²) >= 11 is 0. The first-order valence-corrected chi connectivity index (χ1v) is 10.2. The summed E-state index contributed by atoms with van der Waals surface area (Å²) in [6.07, 6.45) is 0. The van der Waals surface area contributed by atoms with Crippen LogP contribution in [-0.2, 0) is 6.54 Å². The summed E-state index contributed by atoms with van der Waals surface area (Å²) in [5.74, 6) is -3.93. The Labute approximate surface area is 196 Å². The SMILES string of the molecule is Cc1nn(Cc2c(F)cc(C#N)cc2F)c(C)c1NC(=O)c1cc(C(N)=O)nc2cc(F)ccc12. The molecule has 8 nitrogen and oxygen atoms in total. The van der Waals surface area contributed by atoms with Crippen molar-refractivity contribution in [2.45, 2.75) is 20.4 Å². The van der Waals surface area contributed by atoms with Gasteiger partial charge in [0.1, 0.15) is 23.1 Å². The molecular formula is C24H17F3N6O2. The molecule has 0 bridgehead atoms. The number of carbonyl (C=O) groups is 2. The second-order valence-corrected chi connectivity index (χ2v) is 7.77. The van der Waals surface area contributed by atoms with Crippen molar-refractivity contribution < 1.29 is 22.8 Å². The number of primary amides is 1. The fourth-order valence-electron chi connectivity index (χ4n) is 3.70. The van der Waals surface area contributed by atoms with Crippen LogP contribution in [0.3, 0.4) is 0 Å². The highest BCUT2D eigenvalue weighted by Crippen LogP contribution is 2.26. The number of hydrogen-bond donors (Lipinski definition) is 2. The van der Waals surface area contributed by atoms with Crippen LogP contribution in [0, 0.1) is 42.6 Å². The summed E-state index contributed by atoms with van der Waals surface area (Å²) < 4.78 is 43.7. The minimum atomic E-state index is -0.894. The van der Waals surface area contributed by atoms with Crippen molar-refractivity contribution in [3.63, 3.8) is 0 Å². The van der Waals surface area contributed by atoms with Crippen LogP contribution in [0.25, 0.3) is 10.9 Å². The van der Waals surface area contributed by atoms with Crippen LogP contribution in [0.15, 0.2) is 36.4 Å². The molecule has 0 unspecified atom stereocenters. The Morgan fingerprint density at radius 2 is 1.80 bits per heavy atom. The molecule has 0 atom stereocenters. The van der Waals surface area contributed by atoms with Crippen molar-refractivity contribution in [1.29, 1.82) is 5.26 Å². The molecule has 0 saturated carbocycles. The number of nitrogens with zero attached hydrogens (tertiary/aromatic N) is 4. The summed E-state index contributed by atoms with van der Waals surface area (Å²) in [6.45, 7) is 2.92. The normalized spacial score (nSPS) is 10.9. The Balaban J connectivity index is 1.70. The first-order chi connectivity index (χ1) is 16.6. The van der Waals surface area contributed by atoms with E-state index in [0.29, 0.717) is 16.8 Å². The molecule has 0 aliphatic heterocycles. The Hall–Kier alpha value is -4.72. The summed E-state index contributed by atoms with van der Waals surface area (Å²) in [7, 11) is 0.